The van der Waals surface area contributed by atoms with Crippen LogP contribution in [0.3, 0.4) is 0 Å². The summed E-state index contributed by atoms with van der Waals surface area (Å²) in [6.45, 7) is 3.65. The maximum atomic E-state index is 13.1. The van der Waals surface area contributed by atoms with E-state index in [1.165, 1.54) is 44.2 Å². The van der Waals surface area contributed by atoms with Crippen molar-refractivity contribution in [3.05, 3.63) is 34.1 Å². The maximum absolute atomic E-state index is 13.1. The van der Waals surface area contributed by atoms with Gasteiger partial charge in [0.25, 0.3) is 0 Å². The van der Waals surface area contributed by atoms with E-state index in [1.54, 1.807) is 0 Å². The largest absolute Gasteiger partial charge is 0.377 e. The van der Waals surface area contributed by atoms with E-state index < -0.39 is 0 Å². The van der Waals surface area contributed by atoms with Gasteiger partial charge in [0.1, 0.15) is 5.82 Å². The number of ether oxygens (including phenoxy) is 1. The highest BCUT2D eigenvalue weighted by Gasteiger charge is 2.14. The van der Waals surface area contributed by atoms with Gasteiger partial charge in [-0.3, -0.25) is 0 Å². The molecular weight excluding hydrogens is 321 g/mol. The van der Waals surface area contributed by atoms with Crippen molar-refractivity contribution < 1.29 is 9.13 Å². The van der Waals surface area contributed by atoms with E-state index in [1.807, 2.05) is 6.07 Å². The topological polar surface area (TPSA) is 21.3 Å². The van der Waals surface area contributed by atoms with Gasteiger partial charge in [0.05, 0.1) is 12.7 Å². The van der Waals surface area contributed by atoms with Crippen LogP contribution in [0.4, 0.5) is 4.39 Å². The highest BCUT2D eigenvalue weighted by Crippen LogP contribution is 2.24. The molecule has 1 aliphatic rings. The third-order valence-corrected chi connectivity index (χ3v) is 4.57. The highest BCUT2D eigenvalue weighted by molar-refractivity contribution is 9.10. The van der Waals surface area contributed by atoms with Gasteiger partial charge >= 0.3 is 0 Å². The average Bonchev–Trinajstić information content (AvgIpc) is 2.44. The van der Waals surface area contributed by atoms with Crippen LogP contribution in [0.25, 0.3) is 0 Å². The van der Waals surface area contributed by atoms with Crippen molar-refractivity contribution in [2.45, 2.75) is 51.2 Å². The molecule has 1 N–H and O–H groups in total. The Morgan fingerprint density at radius 1 is 1.35 bits per heavy atom. The Kier molecular flexibility index (Phi) is 6.46. The summed E-state index contributed by atoms with van der Waals surface area (Å²) in [4.78, 5) is 0. The lowest BCUT2D eigenvalue weighted by Crippen LogP contribution is -2.26. The van der Waals surface area contributed by atoms with Gasteiger partial charge in [-0.15, -0.1) is 0 Å². The summed E-state index contributed by atoms with van der Waals surface area (Å²) < 4.78 is 19.7. The third kappa shape index (κ3) is 4.83. The van der Waals surface area contributed by atoms with Crippen molar-refractivity contribution in [1.82, 2.24) is 5.32 Å². The smallest absolute Gasteiger partial charge is 0.124 e. The quantitative estimate of drug-likeness (QED) is 0.762. The molecule has 0 bridgehead atoms. The molecule has 0 heterocycles. The second-order valence-corrected chi connectivity index (χ2v) is 6.33. The molecule has 1 aromatic carbocycles. The summed E-state index contributed by atoms with van der Waals surface area (Å²) >= 11 is 3.41. The molecule has 0 aliphatic heterocycles. The van der Waals surface area contributed by atoms with Crippen molar-refractivity contribution in [3.63, 3.8) is 0 Å². The molecule has 20 heavy (non-hydrogen) atoms. The molecule has 1 aromatic rings. The molecule has 4 heteroatoms. The van der Waals surface area contributed by atoms with E-state index in [2.05, 4.69) is 28.2 Å². The van der Waals surface area contributed by atoms with Gasteiger partial charge < -0.3 is 10.1 Å². The van der Waals surface area contributed by atoms with E-state index in [-0.39, 0.29) is 11.9 Å². The normalized spacial score (nSPS) is 18.1. The number of nitrogens with one attached hydrogen (secondary N) is 1. The van der Waals surface area contributed by atoms with Crippen molar-refractivity contribution in [2.24, 2.45) is 0 Å². The van der Waals surface area contributed by atoms with Gasteiger partial charge in [0.15, 0.2) is 0 Å². The lowest BCUT2D eigenvalue weighted by molar-refractivity contribution is 0.0295. The lowest BCUT2D eigenvalue weighted by atomic mass is 9.98. The zero-order chi connectivity index (χ0) is 14.4. The number of hydrogen-bond donors (Lipinski definition) is 1. The summed E-state index contributed by atoms with van der Waals surface area (Å²) in [5.74, 6) is -0.214. The Bertz CT molecular complexity index is 421. The van der Waals surface area contributed by atoms with Crippen molar-refractivity contribution in [1.29, 1.82) is 0 Å². The molecule has 0 amide bonds. The summed E-state index contributed by atoms with van der Waals surface area (Å²) in [6.07, 6.45) is 6.83. The first kappa shape index (κ1) is 15.9. The molecule has 2 rings (SSSR count). The minimum Gasteiger partial charge on any atom is -0.377 e. The molecule has 2 nitrogen and oxygen atoms in total. The summed E-state index contributed by atoms with van der Waals surface area (Å²) in [7, 11) is 0. The van der Waals surface area contributed by atoms with Crippen molar-refractivity contribution in [2.75, 3.05) is 13.2 Å². The van der Waals surface area contributed by atoms with E-state index in [9.17, 15) is 4.39 Å². The van der Waals surface area contributed by atoms with E-state index >= 15 is 0 Å². The first-order chi connectivity index (χ1) is 9.66. The number of benzene rings is 1. The SMILES string of the molecule is CC(NCCOC1CCCCC1)c1ccc(F)cc1Br. The zero-order valence-electron chi connectivity index (χ0n) is 12.0. The molecule has 1 saturated carbocycles. The minimum absolute atomic E-state index is 0.180. The summed E-state index contributed by atoms with van der Waals surface area (Å²) in [5.41, 5.74) is 1.07. The van der Waals surface area contributed by atoms with Crippen LogP contribution in [0.2, 0.25) is 0 Å². The fourth-order valence-electron chi connectivity index (χ4n) is 2.70. The Morgan fingerprint density at radius 3 is 2.80 bits per heavy atom. The van der Waals surface area contributed by atoms with E-state index in [0.29, 0.717) is 6.10 Å². The van der Waals surface area contributed by atoms with E-state index in [0.717, 1.165) is 23.2 Å². The van der Waals surface area contributed by atoms with Crippen LogP contribution in [-0.2, 0) is 4.74 Å². The predicted molar refractivity (Wildman–Crippen MR) is 83.3 cm³/mol. The van der Waals surface area contributed by atoms with Gasteiger partial charge in [0.2, 0.25) is 0 Å². The molecule has 1 atom stereocenters. The number of hydrogen-bond acceptors (Lipinski definition) is 2. The molecule has 1 unspecified atom stereocenters. The Balaban J connectivity index is 1.70. The Morgan fingerprint density at radius 2 is 2.10 bits per heavy atom. The van der Waals surface area contributed by atoms with Crippen molar-refractivity contribution >= 4 is 15.9 Å². The van der Waals surface area contributed by atoms with Crippen LogP contribution in [0.15, 0.2) is 22.7 Å². The second-order valence-electron chi connectivity index (χ2n) is 5.47. The van der Waals surface area contributed by atoms with Crippen molar-refractivity contribution in [3.8, 4) is 0 Å². The van der Waals surface area contributed by atoms with Crippen LogP contribution in [0.5, 0.6) is 0 Å². The zero-order valence-corrected chi connectivity index (χ0v) is 13.6. The fourth-order valence-corrected chi connectivity index (χ4v) is 3.39. The number of halogens is 2. The van der Waals surface area contributed by atoms with Crippen LogP contribution in [0, 0.1) is 5.82 Å². The average molecular weight is 344 g/mol. The van der Waals surface area contributed by atoms with Gasteiger partial charge in [-0.2, -0.15) is 0 Å². The predicted octanol–water partition coefficient (Wildman–Crippen LogP) is 4.59. The lowest BCUT2D eigenvalue weighted by Gasteiger charge is -2.23. The molecule has 0 saturated heterocycles. The Labute approximate surface area is 129 Å². The molecule has 1 aliphatic carbocycles. The summed E-state index contributed by atoms with van der Waals surface area (Å²) in [5, 5.41) is 3.42. The number of rotatable bonds is 6. The second kappa shape index (κ2) is 8.11. The van der Waals surface area contributed by atoms with Gasteiger partial charge in [-0.25, -0.2) is 4.39 Å². The standard InChI is InChI=1S/C16H23BrFNO/c1-12(15-8-7-13(18)11-16(15)17)19-9-10-20-14-5-3-2-4-6-14/h7-8,11-12,14,19H,2-6,9-10H2,1H3. The maximum Gasteiger partial charge on any atom is 0.124 e. The van der Waals surface area contributed by atoms with Crippen LogP contribution >= 0.6 is 15.9 Å². The first-order valence-electron chi connectivity index (χ1n) is 7.47. The fraction of sp³-hybridized carbons (Fsp3) is 0.625. The minimum atomic E-state index is -0.214. The molecule has 1 fully saturated rings. The van der Waals surface area contributed by atoms with E-state index in [4.69, 9.17) is 4.74 Å². The molecule has 0 radical (unpaired) electrons. The molecule has 0 aromatic heterocycles. The van der Waals surface area contributed by atoms with Gasteiger partial charge in [-0.05, 0) is 37.5 Å². The van der Waals surface area contributed by atoms with Gasteiger partial charge in [-0.1, -0.05) is 41.3 Å². The molecular formula is C16H23BrFNO. The third-order valence-electron chi connectivity index (χ3n) is 3.89. The monoisotopic (exact) mass is 343 g/mol. The first-order valence-corrected chi connectivity index (χ1v) is 8.26. The molecule has 0 spiro atoms. The van der Waals surface area contributed by atoms with Crippen LogP contribution < -0.4 is 5.32 Å². The summed E-state index contributed by atoms with van der Waals surface area (Å²) in [6, 6.07) is 5.00. The Hall–Kier alpha value is -0.450. The van der Waals surface area contributed by atoms with Crippen LogP contribution in [0.1, 0.15) is 50.6 Å². The highest BCUT2D eigenvalue weighted by atomic mass is 79.9. The molecule has 112 valence electrons. The van der Waals surface area contributed by atoms with Crippen LogP contribution in [-0.4, -0.2) is 19.3 Å². The van der Waals surface area contributed by atoms with Gasteiger partial charge in [0, 0.05) is 17.1 Å².